The fraction of sp³-hybridized carbons (Fsp3) is 0.286. The Balaban J connectivity index is 1.89. The van der Waals surface area contributed by atoms with Crippen LogP contribution in [-0.4, -0.2) is 26.9 Å². The lowest BCUT2D eigenvalue weighted by atomic mass is 10.1. The Morgan fingerprint density at radius 2 is 1.95 bits per heavy atom. The molecule has 5 heteroatoms. The molecule has 98 valence electrons. The van der Waals surface area contributed by atoms with Crippen molar-refractivity contribution >= 4 is 29.3 Å². The third-order valence-electron chi connectivity index (χ3n) is 2.88. The van der Waals surface area contributed by atoms with Gasteiger partial charge in [0, 0.05) is 5.56 Å². The van der Waals surface area contributed by atoms with E-state index in [-0.39, 0.29) is 10.4 Å². The summed E-state index contributed by atoms with van der Waals surface area (Å²) in [6.07, 6.45) is 2.52. The van der Waals surface area contributed by atoms with E-state index in [9.17, 15) is 4.79 Å². The van der Waals surface area contributed by atoms with Crippen LogP contribution < -0.4 is 0 Å². The third kappa shape index (κ3) is 2.72. The number of carbonyl (C=O) groups excluding carboxylic acids is 1. The maximum atomic E-state index is 12.5. The molecule has 0 amide bonds. The summed E-state index contributed by atoms with van der Waals surface area (Å²) < 4.78 is 5.37. The van der Waals surface area contributed by atoms with Crippen LogP contribution in [0.3, 0.4) is 0 Å². The zero-order valence-electron chi connectivity index (χ0n) is 10.2. The number of aromatic nitrogens is 1. The van der Waals surface area contributed by atoms with Gasteiger partial charge in [-0.25, -0.2) is 4.98 Å². The molecule has 0 unspecified atom stereocenters. The van der Waals surface area contributed by atoms with Gasteiger partial charge in [0.25, 0.3) is 0 Å². The molecule has 1 aromatic carbocycles. The first-order valence-corrected chi connectivity index (χ1v) is 8.22. The lowest BCUT2D eigenvalue weighted by Gasteiger charge is -2.18. The van der Waals surface area contributed by atoms with E-state index in [1.807, 2.05) is 30.3 Å². The molecule has 0 saturated carbocycles. The minimum Gasteiger partial charge on any atom is -0.443 e. The van der Waals surface area contributed by atoms with Gasteiger partial charge in [-0.1, -0.05) is 30.3 Å². The Morgan fingerprint density at radius 1 is 1.21 bits per heavy atom. The molecule has 1 saturated heterocycles. The number of thioether (sulfide) groups is 2. The molecule has 0 radical (unpaired) electrons. The van der Waals surface area contributed by atoms with Crippen molar-refractivity contribution in [2.75, 3.05) is 11.5 Å². The van der Waals surface area contributed by atoms with Gasteiger partial charge in [0.1, 0.15) is 4.58 Å². The molecule has 0 spiro atoms. The lowest BCUT2D eigenvalue weighted by molar-refractivity contribution is 0.101. The third-order valence-corrected chi connectivity index (χ3v) is 5.78. The molecule has 1 aliphatic rings. The van der Waals surface area contributed by atoms with Crippen LogP contribution >= 0.6 is 23.5 Å². The Bertz CT molecular complexity index is 562. The van der Waals surface area contributed by atoms with Gasteiger partial charge in [-0.15, -0.1) is 23.5 Å². The predicted octanol–water partition coefficient (Wildman–Crippen LogP) is 3.72. The number of rotatable bonds is 3. The molecule has 3 rings (SSSR count). The fourth-order valence-electron chi connectivity index (χ4n) is 1.97. The molecule has 2 heterocycles. The van der Waals surface area contributed by atoms with E-state index in [2.05, 4.69) is 4.98 Å². The zero-order valence-corrected chi connectivity index (χ0v) is 11.9. The van der Waals surface area contributed by atoms with Gasteiger partial charge in [0.2, 0.25) is 5.78 Å². The van der Waals surface area contributed by atoms with Gasteiger partial charge in [0.15, 0.2) is 17.8 Å². The molecule has 1 fully saturated rings. The molecular formula is C14H13NO2S2. The van der Waals surface area contributed by atoms with Crippen molar-refractivity contribution in [3.8, 4) is 11.3 Å². The molecule has 2 aromatic rings. The minimum atomic E-state index is -0.0405. The number of oxazole rings is 1. The van der Waals surface area contributed by atoms with Crippen LogP contribution in [0.1, 0.15) is 16.9 Å². The summed E-state index contributed by atoms with van der Waals surface area (Å²) in [6.45, 7) is 0. The normalized spacial score (nSPS) is 16.4. The van der Waals surface area contributed by atoms with Crippen LogP contribution in [0, 0.1) is 0 Å². The van der Waals surface area contributed by atoms with Crippen molar-refractivity contribution in [1.82, 2.24) is 4.98 Å². The summed E-state index contributed by atoms with van der Waals surface area (Å²) in [6, 6.07) is 9.65. The van der Waals surface area contributed by atoms with Crippen molar-refractivity contribution in [3.05, 3.63) is 42.4 Å². The largest absolute Gasteiger partial charge is 0.443 e. The monoisotopic (exact) mass is 291 g/mol. The van der Waals surface area contributed by atoms with E-state index < -0.39 is 0 Å². The van der Waals surface area contributed by atoms with Crippen molar-refractivity contribution in [3.63, 3.8) is 0 Å². The number of Topliss-reactive ketones (excluding diaryl/α,β-unsaturated/α-hetero) is 1. The summed E-state index contributed by atoms with van der Waals surface area (Å²) >= 11 is 3.41. The molecule has 0 N–H and O–H groups in total. The van der Waals surface area contributed by atoms with Gasteiger partial charge in [-0.05, 0) is 17.9 Å². The van der Waals surface area contributed by atoms with Crippen molar-refractivity contribution < 1.29 is 9.21 Å². The van der Waals surface area contributed by atoms with E-state index in [0.717, 1.165) is 17.1 Å². The van der Waals surface area contributed by atoms with Crippen molar-refractivity contribution in [1.29, 1.82) is 0 Å². The summed E-state index contributed by atoms with van der Waals surface area (Å²) in [5.41, 5.74) is 1.35. The maximum absolute atomic E-state index is 12.5. The second kappa shape index (κ2) is 5.84. The predicted molar refractivity (Wildman–Crippen MR) is 79.6 cm³/mol. The highest BCUT2D eigenvalue weighted by Crippen LogP contribution is 2.35. The number of hydrogen-bond donors (Lipinski definition) is 0. The SMILES string of the molecule is O=C(c1ncoc1-c1ccccc1)C1SCCCS1. The molecule has 3 nitrogen and oxygen atoms in total. The lowest BCUT2D eigenvalue weighted by Crippen LogP contribution is -2.19. The molecule has 1 aromatic heterocycles. The van der Waals surface area contributed by atoms with E-state index in [1.165, 1.54) is 12.8 Å². The summed E-state index contributed by atoms with van der Waals surface area (Å²) in [4.78, 5) is 16.6. The Kier molecular flexibility index (Phi) is 3.94. The van der Waals surface area contributed by atoms with Gasteiger partial charge in [-0.3, -0.25) is 4.79 Å². The molecule has 1 aliphatic heterocycles. The number of benzene rings is 1. The van der Waals surface area contributed by atoms with E-state index in [0.29, 0.717) is 11.5 Å². The van der Waals surface area contributed by atoms with Crippen LogP contribution in [0.4, 0.5) is 0 Å². The van der Waals surface area contributed by atoms with E-state index in [1.54, 1.807) is 23.5 Å². The first-order chi connectivity index (χ1) is 9.36. The summed E-state index contributed by atoms with van der Waals surface area (Å²) in [5.74, 6) is 2.74. The highest BCUT2D eigenvalue weighted by Gasteiger charge is 2.28. The number of carbonyl (C=O) groups is 1. The second-order valence-corrected chi connectivity index (χ2v) is 6.91. The average Bonchev–Trinajstić information content (AvgIpc) is 2.98. The summed E-state index contributed by atoms with van der Waals surface area (Å²) in [7, 11) is 0. The zero-order chi connectivity index (χ0) is 13.1. The first-order valence-electron chi connectivity index (χ1n) is 6.12. The van der Waals surface area contributed by atoms with Crippen LogP contribution in [0.25, 0.3) is 11.3 Å². The van der Waals surface area contributed by atoms with Gasteiger partial charge >= 0.3 is 0 Å². The number of hydrogen-bond acceptors (Lipinski definition) is 5. The van der Waals surface area contributed by atoms with Crippen LogP contribution in [0.5, 0.6) is 0 Å². The Morgan fingerprint density at radius 3 is 2.68 bits per heavy atom. The maximum Gasteiger partial charge on any atom is 0.208 e. The van der Waals surface area contributed by atoms with E-state index >= 15 is 0 Å². The smallest absolute Gasteiger partial charge is 0.208 e. The molecule has 19 heavy (non-hydrogen) atoms. The van der Waals surface area contributed by atoms with Crippen LogP contribution in [0.15, 0.2) is 41.1 Å². The van der Waals surface area contributed by atoms with E-state index in [4.69, 9.17) is 4.42 Å². The standard InChI is InChI=1S/C14H13NO2S2/c16-12(14-18-7-4-8-19-14)11-13(17-9-15-11)10-5-2-1-3-6-10/h1-3,5-6,9,14H,4,7-8H2. The second-order valence-electron chi connectivity index (χ2n) is 4.19. The van der Waals surface area contributed by atoms with Gasteiger partial charge in [-0.2, -0.15) is 0 Å². The van der Waals surface area contributed by atoms with Crippen molar-refractivity contribution in [2.45, 2.75) is 11.0 Å². The number of nitrogens with zero attached hydrogens (tertiary/aromatic N) is 1. The fourth-order valence-corrected chi connectivity index (χ4v) is 4.69. The average molecular weight is 291 g/mol. The Labute approximate surface area is 120 Å². The quantitative estimate of drug-likeness (QED) is 0.806. The van der Waals surface area contributed by atoms with Crippen molar-refractivity contribution in [2.24, 2.45) is 0 Å². The highest BCUT2D eigenvalue weighted by molar-refractivity contribution is 8.18. The molecule has 0 bridgehead atoms. The minimum absolute atomic E-state index is 0.0405. The molecule has 0 atom stereocenters. The number of ketones is 1. The molecular weight excluding hydrogens is 278 g/mol. The molecule has 0 aliphatic carbocycles. The van der Waals surface area contributed by atoms with Gasteiger partial charge in [0.05, 0.1) is 0 Å². The van der Waals surface area contributed by atoms with Crippen LogP contribution in [0.2, 0.25) is 0 Å². The van der Waals surface area contributed by atoms with Gasteiger partial charge < -0.3 is 4.42 Å². The van der Waals surface area contributed by atoms with Crippen LogP contribution in [-0.2, 0) is 0 Å². The Hall–Kier alpha value is -1.20. The highest BCUT2D eigenvalue weighted by atomic mass is 32.2. The topological polar surface area (TPSA) is 43.1 Å². The first kappa shape index (κ1) is 12.8. The summed E-state index contributed by atoms with van der Waals surface area (Å²) in [5, 5.41) is 0.